The van der Waals surface area contributed by atoms with Gasteiger partial charge in [0.15, 0.2) is 0 Å². The molecule has 1 aromatic heterocycles. The van der Waals surface area contributed by atoms with Crippen LogP contribution in [-0.4, -0.2) is 35.9 Å². The van der Waals surface area contributed by atoms with Gasteiger partial charge >= 0.3 is 0 Å². The Balaban J connectivity index is 2.02. The summed E-state index contributed by atoms with van der Waals surface area (Å²) in [7, 11) is -2.12. The van der Waals surface area contributed by atoms with Crippen molar-refractivity contribution in [3.05, 3.63) is 41.5 Å². The maximum atomic E-state index is 13.0. The predicted octanol–water partition coefficient (Wildman–Crippen LogP) is 1.71. The minimum atomic E-state index is -3.61. The summed E-state index contributed by atoms with van der Waals surface area (Å²) in [6, 6.07) is 3.46. The zero-order valence-corrected chi connectivity index (χ0v) is 13.7. The summed E-state index contributed by atoms with van der Waals surface area (Å²) in [6.07, 6.45) is 3.57. The third-order valence-corrected chi connectivity index (χ3v) is 5.97. The van der Waals surface area contributed by atoms with Gasteiger partial charge in [-0.05, 0) is 37.1 Å². The molecule has 0 radical (unpaired) electrons. The van der Waals surface area contributed by atoms with E-state index in [4.69, 9.17) is 4.74 Å². The molecular weight excluding hydrogens is 302 g/mol. The molecule has 0 spiro atoms. The average molecular weight is 321 g/mol. The van der Waals surface area contributed by atoms with Crippen LogP contribution in [-0.2, 0) is 23.1 Å². The van der Waals surface area contributed by atoms with Crippen LogP contribution in [0.2, 0.25) is 0 Å². The molecule has 0 aliphatic carbocycles. The van der Waals surface area contributed by atoms with E-state index in [-0.39, 0.29) is 11.4 Å². The number of methoxy groups -OCH3 is 1. The van der Waals surface area contributed by atoms with E-state index in [1.165, 1.54) is 11.4 Å². The second kappa shape index (κ2) is 5.40. The van der Waals surface area contributed by atoms with Crippen LogP contribution in [0.3, 0.4) is 0 Å². The fourth-order valence-electron chi connectivity index (χ4n) is 2.62. The Morgan fingerprint density at radius 2 is 1.91 bits per heavy atom. The topological polar surface area (TPSA) is 64.4 Å². The Bertz CT molecular complexity index is 811. The van der Waals surface area contributed by atoms with Crippen molar-refractivity contribution < 1.29 is 13.2 Å². The van der Waals surface area contributed by atoms with Crippen LogP contribution < -0.4 is 4.74 Å². The van der Waals surface area contributed by atoms with E-state index in [0.29, 0.717) is 18.8 Å². The number of sulfonamides is 1. The lowest BCUT2D eigenvalue weighted by atomic mass is 10.1. The van der Waals surface area contributed by atoms with E-state index in [1.54, 1.807) is 18.3 Å². The molecule has 2 aromatic rings. The molecule has 118 valence electrons. The minimum Gasteiger partial charge on any atom is -0.495 e. The highest BCUT2D eigenvalue weighted by atomic mass is 32.2. The van der Waals surface area contributed by atoms with Gasteiger partial charge in [0.2, 0.25) is 10.0 Å². The molecule has 0 fully saturated rings. The van der Waals surface area contributed by atoms with Gasteiger partial charge in [0.1, 0.15) is 16.5 Å². The number of hydrogen-bond acceptors (Lipinski definition) is 4. The Labute approximate surface area is 130 Å². The van der Waals surface area contributed by atoms with Crippen molar-refractivity contribution in [1.29, 1.82) is 0 Å². The molecule has 2 heterocycles. The molecule has 0 atom stereocenters. The van der Waals surface area contributed by atoms with Crippen molar-refractivity contribution in [1.82, 2.24) is 13.9 Å². The Morgan fingerprint density at radius 1 is 1.18 bits per heavy atom. The summed E-state index contributed by atoms with van der Waals surface area (Å²) >= 11 is 0. The molecule has 6 nitrogen and oxygen atoms in total. The van der Waals surface area contributed by atoms with Crippen LogP contribution in [0.25, 0.3) is 0 Å². The second-order valence-corrected chi connectivity index (χ2v) is 7.37. The molecule has 0 saturated carbocycles. The third-order valence-electron chi connectivity index (χ3n) is 4.11. The highest BCUT2D eigenvalue weighted by Gasteiger charge is 2.31. The number of imidazole rings is 1. The summed E-state index contributed by atoms with van der Waals surface area (Å²) in [4.78, 5) is 4.43. The number of hydrogen-bond donors (Lipinski definition) is 0. The zero-order chi connectivity index (χ0) is 15.9. The first-order valence-electron chi connectivity index (χ1n) is 7.09. The Kier molecular flexibility index (Phi) is 3.70. The number of ether oxygens (including phenoxy) is 1. The molecule has 0 saturated heterocycles. The fourth-order valence-corrected chi connectivity index (χ4v) is 4.23. The molecule has 7 heteroatoms. The molecule has 0 N–H and O–H groups in total. The van der Waals surface area contributed by atoms with E-state index in [1.807, 2.05) is 24.6 Å². The molecule has 0 unspecified atom stereocenters. The van der Waals surface area contributed by atoms with E-state index in [9.17, 15) is 8.42 Å². The number of benzene rings is 1. The lowest BCUT2D eigenvalue weighted by Gasteiger charge is -2.27. The van der Waals surface area contributed by atoms with Crippen LogP contribution in [0.15, 0.2) is 29.4 Å². The summed E-state index contributed by atoms with van der Waals surface area (Å²) in [5, 5.41) is 0. The molecule has 1 aliphatic rings. The van der Waals surface area contributed by atoms with Gasteiger partial charge in [-0.2, -0.15) is 4.31 Å². The van der Waals surface area contributed by atoms with E-state index < -0.39 is 10.0 Å². The normalized spacial score (nSPS) is 15.6. The molecule has 0 bridgehead atoms. The van der Waals surface area contributed by atoms with Crippen LogP contribution in [0, 0.1) is 13.8 Å². The van der Waals surface area contributed by atoms with E-state index in [0.717, 1.165) is 17.0 Å². The Hall–Kier alpha value is -1.86. The summed E-state index contributed by atoms with van der Waals surface area (Å²) in [5.74, 6) is 1.15. The standard InChI is InChI=1S/C15H19N3O3S/c1-11-8-13(21-3)14(9-12(11)2)22(19,20)18-7-6-17-5-4-16-15(17)10-18/h4-5,8-9H,6-7,10H2,1-3H3. The summed E-state index contributed by atoms with van der Waals surface area (Å²) in [5.41, 5.74) is 1.93. The van der Waals surface area contributed by atoms with Gasteiger partial charge in [0, 0.05) is 25.5 Å². The highest BCUT2D eigenvalue weighted by Crippen LogP contribution is 2.31. The third kappa shape index (κ3) is 2.40. The van der Waals surface area contributed by atoms with Crippen LogP contribution in [0.1, 0.15) is 17.0 Å². The number of rotatable bonds is 3. The lowest BCUT2D eigenvalue weighted by molar-refractivity contribution is 0.332. The predicted molar refractivity (Wildman–Crippen MR) is 82.3 cm³/mol. The number of aromatic nitrogens is 2. The van der Waals surface area contributed by atoms with Crippen molar-refractivity contribution in [3.63, 3.8) is 0 Å². The zero-order valence-electron chi connectivity index (χ0n) is 12.9. The monoisotopic (exact) mass is 321 g/mol. The van der Waals surface area contributed by atoms with E-state index >= 15 is 0 Å². The van der Waals surface area contributed by atoms with Gasteiger partial charge in [0.25, 0.3) is 0 Å². The first-order valence-corrected chi connectivity index (χ1v) is 8.53. The van der Waals surface area contributed by atoms with Gasteiger partial charge in [-0.15, -0.1) is 0 Å². The first-order chi connectivity index (χ1) is 10.4. The van der Waals surface area contributed by atoms with Crippen LogP contribution >= 0.6 is 0 Å². The number of fused-ring (bicyclic) bond motifs is 1. The fraction of sp³-hybridized carbons (Fsp3) is 0.400. The van der Waals surface area contributed by atoms with Crippen molar-refractivity contribution in [2.24, 2.45) is 0 Å². The maximum absolute atomic E-state index is 13.0. The summed E-state index contributed by atoms with van der Waals surface area (Å²) < 4.78 is 34.7. The van der Waals surface area contributed by atoms with Gasteiger partial charge in [-0.3, -0.25) is 0 Å². The molecule has 1 aliphatic heterocycles. The van der Waals surface area contributed by atoms with Gasteiger partial charge in [-0.1, -0.05) is 0 Å². The minimum absolute atomic E-state index is 0.220. The Morgan fingerprint density at radius 3 is 2.64 bits per heavy atom. The van der Waals surface area contributed by atoms with Crippen molar-refractivity contribution >= 4 is 10.0 Å². The summed E-state index contributed by atoms with van der Waals surface area (Å²) in [6.45, 7) is 5.16. The second-order valence-electron chi connectivity index (χ2n) is 5.46. The smallest absolute Gasteiger partial charge is 0.247 e. The maximum Gasteiger partial charge on any atom is 0.247 e. The van der Waals surface area contributed by atoms with Gasteiger partial charge < -0.3 is 9.30 Å². The van der Waals surface area contributed by atoms with Crippen LogP contribution in [0.5, 0.6) is 5.75 Å². The van der Waals surface area contributed by atoms with E-state index in [2.05, 4.69) is 4.98 Å². The lowest BCUT2D eigenvalue weighted by Crippen LogP contribution is -2.38. The molecule has 3 rings (SSSR count). The number of aryl methyl sites for hydroxylation is 2. The molecular formula is C15H19N3O3S. The molecule has 22 heavy (non-hydrogen) atoms. The molecule has 1 aromatic carbocycles. The quantitative estimate of drug-likeness (QED) is 0.863. The number of nitrogens with zero attached hydrogens (tertiary/aromatic N) is 3. The van der Waals surface area contributed by atoms with Crippen molar-refractivity contribution in [2.75, 3.05) is 13.7 Å². The van der Waals surface area contributed by atoms with Crippen molar-refractivity contribution in [3.8, 4) is 5.75 Å². The largest absolute Gasteiger partial charge is 0.495 e. The van der Waals surface area contributed by atoms with Gasteiger partial charge in [0.05, 0.1) is 13.7 Å². The highest BCUT2D eigenvalue weighted by molar-refractivity contribution is 7.89. The van der Waals surface area contributed by atoms with Crippen molar-refractivity contribution in [2.45, 2.75) is 31.8 Å². The average Bonchev–Trinajstić information content (AvgIpc) is 2.96. The van der Waals surface area contributed by atoms with Crippen LogP contribution in [0.4, 0.5) is 0 Å². The van der Waals surface area contributed by atoms with Gasteiger partial charge in [-0.25, -0.2) is 13.4 Å². The SMILES string of the molecule is COc1cc(C)c(C)cc1S(=O)(=O)N1CCn2ccnc2C1. The molecule has 0 amide bonds. The first kappa shape index (κ1) is 15.1.